The molecule has 4 heteroatoms. The van der Waals surface area contributed by atoms with E-state index in [0.29, 0.717) is 12.1 Å². The molecule has 0 aliphatic heterocycles. The third-order valence-electron chi connectivity index (χ3n) is 3.02. The van der Waals surface area contributed by atoms with E-state index in [1.807, 2.05) is 6.20 Å². The summed E-state index contributed by atoms with van der Waals surface area (Å²) >= 11 is 1.79. The number of thiazole rings is 1. The molecule has 1 heterocycles. The molecule has 17 heavy (non-hydrogen) atoms. The fourth-order valence-corrected chi connectivity index (χ4v) is 2.73. The van der Waals surface area contributed by atoms with Crippen molar-refractivity contribution in [3.05, 3.63) is 11.1 Å². The summed E-state index contributed by atoms with van der Waals surface area (Å²) < 4.78 is 0. The second-order valence-electron chi connectivity index (χ2n) is 4.73. The summed E-state index contributed by atoms with van der Waals surface area (Å²) in [5.41, 5.74) is 0. The first-order chi connectivity index (χ1) is 8.08. The van der Waals surface area contributed by atoms with Crippen LogP contribution in [0.15, 0.2) is 6.20 Å². The Hall–Kier alpha value is -0.610. The van der Waals surface area contributed by atoms with Crippen LogP contribution in [0.4, 0.5) is 5.13 Å². The number of aromatic nitrogens is 1. The molecule has 98 valence electrons. The van der Waals surface area contributed by atoms with Gasteiger partial charge in [-0.05, 0) is 12.8 Å². The van der Waals surface area contributed by atoms with Crippen LogP contribution in [0.1, 0.15) is 45.4 Å². The molecule has 0 unspecified atom stereocenters. The molecule has 1 N–H and O–H groups in total. The van der Waals surface area contributed by atoms with Gasteiger partial charge in [0.25, 0.3) is 0 Å². The molecule has 0 atom stereocenters. The van der Waals surface area contributed by atoms with Gasteiger partial charge in [0.05, 0.1) is 0 Å². The lowest BCUT2D eigenvalue weighted by atomic mass is 10.1. The zero-order chi connectivity index (χ0) is 12.8. The Morgan fingerprint density at radius 1 is 1.35 bits per heavy atom. The Morgan fingerprint density at radius 2 is 2.00 bits per heavy atom. The van der Waals surface area contributed by atoms with E-state index >= 15 is 0 Å². The maximum Gasteiger partial charge on any atom is 0.185 e. The zero-order valence-corrected chi connectivity index (χ0v) is 12.5. The Bertz CT molecular complexity index is 318. The van der Waals surface area contributed by atoms with Crippen molar-refractivity contribution in [2.24, 2.45) is 0 Å². The normalized spacial score (nSPS) is 11.5. The van der Waals surface area contributed by atoms with E-state index in [4.69, 9.17) is 0 Å². The van der Waals surface area contributed by atoms with Gasteiger partial charge in [0, 0.05) is 36.8 Å². The second kappa shape index (κ2) is 6.97. The van der Waals surface area contributed by atoms with Gasteiger partial charge in [-0.3, -0.25) is 0 Å². The highest BCUT2D eigenvalue weighted by Crippen LogP contribution is 2.24. The quantitative estimate of drug-likeness (QED) is 0.810. The lowest BCUT2D eigenvalue weighted by molar-refractivity contribution is 0.590. The van der Waals surface area contributed by atoms with Crippen LogP contribution in [0.3, 0.4) is 0 Å². The summed E-state index contributed by atoms with van der Waals surface area (Å²) in [6.07, 6.45) is 4.34. The van der Waals surface area contributed by atoms with Crippen LogP contribution in [0.2, 0.25) is 0 Å². The largest absolute Gasteiger partial charge is 0.348 e. The molecule has 0 radical (unpaired) electrons. The van der Waals surface area contributed by atoms with Crippen LogP contribution in [0, 0.1) is 0 Å². The molecular formula is C13H25N3S. The van der Waals surface area contributed by atoms with Crippen molar-refractivity contribution < 1.29 is 0 Å². The van der Waals surface area contributed by atoms with E-state index in [-0.39, 0.29) is 0 Å². The molecule has 0 aliphatic carbocycles. The Labute approximate surface area is 109 Å². The van der Waals surface area contributed by atoms with Gasteiger partial charge >= 0.3 is 0 Å². The van der Waals surface area contributed by atoms with Gasteiger partial charge in [-0.2, -0.15) is 0 Å². The number of nitrogens with zero attached hydrogens (tertiary/aromatic N) is 2. The molecule has 0 fully saturated rings. The smallest absolute Gasteiger partial charge is 0.185 e. The predicted octanol–water partition coefficient (Wildman–Crippen LogP) is 3.27. The molecule has 0 saturated heterocycles. The van der Waals surface area contributed by atoms with Crippen molar-refractivity contribution in [3.63, 3.8) is 0 Å². The molecule has 1 rings (SSSR count). The maximum atomic E-state index is 4.52. The Morgan fingerprint density at radius 3 is 2.53 bits per heavy atom. The summed E-state index contributed by atoms with van der Waals surface area (Å²) in [4.78, 5) is 8.14. The monoisotopic (exact) mass is 255 g/mol. The topological polar surface area (TPSA) is 28.2 Å². The van der Waals surface area contributed by atoms with Crippen molar-refractivity contribution in [2.75, 3.05) is 11.9 Å². The van der Waals surface area contributed by atoms with Crippen LogP contribution in [0.25, 0.3) is 0 Å². The fraction of sp³-hybridized carbons (Fsp3) is 0.769. The molecule has 1 aromatic rings. The van der Waals surface area contributed by atoms with E-state index in [2.05, 4.69) is 49.9 Å². The summed E-state index contributed by atoms with van der Waals surface area (Å²) in [5, 5.41) is 4.56. The minimum Gasteiger partial charge on any atom is -0.348 e. The predicted molar refractivity (Wildman–Crippen MR) is 76.9 cm³/mol. The summed E-state index contributed by atoms with van der Waals surface area (Å²) in [6, 6.07) is 1.13. The van der Waals surface area contributed by atoms with Crippen LogP contribution >= 0.6 is 11.3 Å². The number of rotatable bonds is 7. The third kappa shape index (κ3) is 4.28. The average Bonchev–Trinajstić information content (AvgIpc) is 2.76. The molecule has 0 amide bonds. The molecular weight excluding hydrogens is 230 g/mol. The van der Waals surface area contributed by atoms with Crippen LogP contribution in [-0.2, 0) is 6.54 Å². The van der Waals surface area contributed by atoms with Gasteiger partial charge in [0.15, 0.2) is 5.13 Å². The van der Waals surface area contributed by atoms with Crippen LogP contribution < -0.4 is 10.2 Å². The number of nitrogens with one attached hydrogen (secondary N) is 1. The minimum absolute atomic E-state index is 0.525. The number of hydrogen-bond donors (Lipinski definition) is 1. The lowest BCUT2D eigenvalue weighted by Gasteiger charge is -2.25. The van der Waals surface area contributed by atoms with Crippen LogP contribution in [-0.4, -0.2) is 24.1 Å². The maximum absolute atomic E-state index is 4.52. The van der Waals surface area contributed by atoms with E-state index in [1.54, 1.807) is 11.3 Å². The Kier molecular flexibility index (Phi) is 5.92. The first kappa shape index (κ1) is 14.5. The van der Waals surface area contributed by atoms with Gasteiger partial charge in [-0.1, -0.05) is 27.7 Å². The zero-order valence-electron chi connectivity index (χ0n) is 11.7. The lowest BCUT2D eigenvalue weighted by Crippen LogP contribution is -2.30. The van der Waals surface area contributed by atoms with E-state index in [0.717, 1.165) is 11.7 Å². The molecule has 0 bridgehead atoms. The summed E-state index contributed by atoms with van der Waals surface area (Å²) in [7, 11) is 2.15. The average molecular weight is 255 g/mol. The van der Waals surface area contributed by atoms with Gasteiger partial charge in [-0.15, -0.1) is 11.3 Å². The fourth-order valence-electron chi connectivity index (χ4n) is 1.84. The standard InChI is InChI=1S/C13H25N3S/c1-6-11(7-2)16(5)13-15-9-12(17-13)8-14-10(3)4/h9-11,14H,6-8H2,1-5H3. The van der Waals surface area contributed by atoms with Gasteiger partial charge in [0.2, 0.25) is 0 Å². The molecule has 1 aromatic heterocycles. The molecule has 0 saturated carbocycles. The van der Waals surface area contributed by atoms with E-state index in [9.17, 15) is 0 Å². The first-order valence-electron chi connectivity index (χ1n) is 6.49. The van der Waals surface area contributed by atoms with Crippen molar-refractivity contribution in [1.82, 2.24) is 10.3 Å². The van der Waals surface area contributed by atoms with Crippen molar-refractivity contribution in [3.8, 4) is 0 Å². The first-order valence-corrected chi connectivity index (χ1v) is 7.31. The van der Waals surface area contributed by atoms with Gasteiger partial charge in [-0.25, -0.2) is 4.98 Å². The minimum atomic E-state index is 0.525. The van der Waals surface area contributed by atoms with Crippen molar-refractivity contribution in [1.29, 1.82) is 0 Å². The summed E-state index contributed by atoms with van der Waals surface area (Å²) in [5.74, 6) is 0. The Balaban J connectivity index is 2.60. The molecule has 0 spiro atoms. The highest BCUT2D eigenvalue weighted by atomic mass is 32.1. The van der Waals surface area contributed by atoms with Crippen molar-refractivity contribution in [2.45, 2.75) is 59.2 Å². The molecule has 3 nitrogen and oxygen atoms in total. The number of hydrogen-bond acceptors (Lipinski definition) is 4. The van der Waals surface area contributed by atoms with Crippen molar-refractivity contribution >= 4 is 16.5 Å². The SMILES string of the molecule is CCC(CC)N(C)c1ncc(CNC(C)C)s1. The highest BCUT2D eigenvalue weighted by molar-refractivity contribution is 7.15. The molecule has 0 aromatic carbocycles. The molecule has 0 aliphatic rings. The van der Waals surface area contributed by atoms with Crippen LogP contribution in [0.5, 0.6) is 0 Å². The van der Waals surface area contributed by atoms with E-state index in [1.165, 1.54) is 17.7 Å². The summed E-state index contributed by atoms with van der Waals surface area (Å²) in [6.45, 7) is 9.72. The number of anilines is 1. The van der Waals surface area contributed by atoms with Gasteiger partial charge in [0.1, 0.15) is 0 Å². The third-order valence-corrected chi connectivity index (χ3v) is 4.11. The second-order valence-corrected chi connectivity index (χ2v) is 5.82. The van der Waals surface area contributed by atoms with E-state index < -0.39 is 0 Å². The highest BCUT2D eigenvalue weighted by Gasteiger charge is 2.14. The van der Waals surface area contributed by atoms with Gasteiger partial charge < -0.3 is 10.2 Å².